The van der Waals surface area contributed by atoms with Crippen LogP contribution in [0.5, 0.6) is 0 Å². The molecule has 21 heavy (non-hydrogen) atoms. The minimum absolute atomic E-state index is 0. The van der Waals surface area contributed by atoms with E-state index in [-0.39, 0.29) is 104 Å². The molecule has 0 aliphatic heterocycles. The molecular formula is C6H8Eu2O13. The number of rotatable bonds is 0. The fourth-order valence-electron chi connectivity index (χ4n) is 0. The summed E-state index contributed by atoms with van der Waals surface area (Å²) < 4.78 is 0. The van der Waals surface area contributed by atoms with Crippen molar-refractivity contribution in [3.63, 3.8) is 0 Å². The number of carbonyl (C=O) groups is 6. The number of hydrogen-bond donors (Lipinski definition) is 6. The summed E-state index contributed by atoms with van der Waals surface area (Å²) in [5.41, 5.74) is 0. The first-order valence-corrected chi connectivity index (χ1v) is 3.32. The van der Waals surface area contributed by atoms with Gasteiger partial charge in [-0.15, -0.1) is 0 Å². The molecule has 0 aromatic heterocycles. The Kier molecular flexibility index (Phi) is 39.5. The van der Waals surface area contributed by atoms with E-state index in [1.54, 1.807) is 0 Å². The maximum absolute atomic E-state index is 9.10. The van der Waals surface area contributed by atoms with E-state index in [2.05, 4.69) is 0 Å². The molecule has 13 nitrogen and oxygen atoms in total. The van der Waals surface area contributed by atoms with Gasteiger partial charge in [0.15, 0.2) is 0 Å². The molecule has 0 unspecified atom stereocenters. The fourth-order valence-corrected chi connectivity index (χ4v) is 0. The largest absolute Gasteiger partial charge is 0.473 e. The van der Waals surface area contributed by atoms with Crippen LogP contribution in [0.25, 0.3) is 0 Å². The summed E-state index contributed by atoms with van der Waals surface area (Å²) in [7, 11) is 0. The Morgan fingerprint density at radius 3 is 0.429 bits per heavy atom. The van der Waals surface area contributed by atoms with Gasteiger partial charge in [0.05, 0.1) is 0 Å². The average Bonchev–Trinajstić information content (AvgIpc) is 2.18. The number of hydrogen-bond acceptors (Lipinski definition) is 6. The molecule has 0 atom stereocenters. The molecule has 0 saturated heterocycles. The van der Waals surface area contributed by atoms with E-state index in [0.29, 0.717) is 0 Å². The average molecular weight is 592 g/mol. The topological polar surface area (TPSA) is 255 Å². The molecule has 0 heterocycles. The Bertz CT molecular complexity index is 282. The molecule has 0 aromatic carbocycles. The van der Waals surface area contributed by atoms with E-state index in [1.807, 2.05) is 0 Å². The molecule has 0 spiro atoms. The Balaban J connectivity index is -0.0000000375. The summed E-state index contributed by atoms with van der Waals surface area (Å²) in [6.45, 7) is 0. The first-order chi connectivity index (χ1) is 7.93. The van der Waals surface area contributed by atoms with Gasteiger partial charge in [0.1, 0.15) is 0 Å². The summed E-state index contributed by atoms with van der Waals surface area (Å²) in [4.78, 5) is 54.6. The van der Waals surface area contributed by atoms with Gasteiger partial charge < -0.3 is 36.1 Å². The van der Waals surface area contributed by atoms with E-state index in [1.165, 1.54) is 0 Å². The number of carboxylic acid groups (broad SMARTS) is 6. The van der Waals surface area contributed by atoms with Crippen molar-refractivity contribution < 1.29 is 164 Å². The van der Waals surface area contributed by atoms with Crippen molar-refractivity contribution in [2.75, 3.05) is 0 Å². The van der Waals surface area contributed by atoms with Crippen LogP contribution in [0.2, 0.25) is 0 Å². The zero-order valence-electron chi connectivity index (χ0n) is 9.39. The number of aliphatic carboxylic acids is 6. The van der Waals surface area contributed by atoms with Crippen LogP contribution >= 0.6 is 0 Å². The predicted octanol–water partition coefficient (Wildman–Crippen LogP) is -3.36. The summed E-state index contributed by atoms with van der Waals surface area (Å²) in [6.07, 6.45) is 0. The Labute approximate surface area is 196 Å². The monoisotopic (exact) mass is 594 g/mol. The Morgan fingerprint density at radius 2 is 0.429 bits per heavy atom. The second-order valence-corrected chi connectivity index (χ2v) is 1.83. The van der Waals surface area contributed by atoms with Gasteiger partial charge >= 0.3 is 35.8 Å². The van der Waals surface area contributed by atoms with Gasteiger partial charge in [0, 0.05) is 98.8 Å². The van der Waals surface area contributed by atoms with Crippen molar-refractivity contribution >= 4 is 35.8 Å². The maximum atomic E-state index is 9.10. The fraction of sp³-hybridized carbons (Fsp3) is 0. The van der Waals surface area contributed by atoms with Crippen LogP contribution in [0.3, 0.4) is 0 Å². The zero-order chi connectivity index (χ0) is 15.5. The maximum Gasteiger partial charge on any atom is 0.414 e. The third-order valence-corrected chi connectivity index (χ3v) is 0.549. The molecule has 2 radical (unpaired) electrons. The van der Waals surface area contributed by atoms with Gasteiger partial charge in [-0.25, -0.2) is 28.8 Å². The van der Waals surface area contributed by atoms with Crippen molar-refractivity contribution in [3.8, 4) is 0 Å². The van der Waals surface area contributed by atoms with Crippen LogP contribution in [0, 0.1) is 98.8 Å². The normalized spacial score (nSPS) is 6.29. The van der Waals surface area contributed by atoms with Crippen LogP contribution in [0.15, 0.2) is 0 Å². The van der Waals surface area contributed by atoms with Crippen LogP contribution in [0.4, 0.5) is 0 Å². The van der Waals surface area contributed by atoms with Gasteiger partial charge in [-0.2, -0.15) is 0 Å². The predicted molar refractivity (Wildman–Crippen MR) is 49.4 cm³/mol. The van der Waals surface area contributed by atoms with Gasteiger partial charge in [-0.3, -0.25) is 0 Å². The van der Waals surface area contributed by atoms with Gasteiger partial charge in [-0.05, 0) is 0 Å². The molecule has 0 amide bonds. The third kappa shape index (κ3) is 45.0. The van der Waals surface area contributed by atoms with Gasteiger partial charge in [0.25, 0.3) is 0 Å². The van der Waals surface area contributed by atoms with Crippen LogP contribution in [-0.2, 0) is 28.8 Å². The van der Waals surface area contributed by atoms with Crippen LogP contribution in [0.1, 0.15) is 0 Å². The molecule has 8 N–H and O–H groups in total. The minimum Gasteiger partial charge on any atom is -0.473 e. The van der Waals surface area contributed by atoms with Crippen LogP contribution < -0.4 is 0 Å². The Hall–Kier alpha value is -0.0512. The second-order valence-electron chi connectivity index (χ2n) is 1.83. The molecule has 0 saturated carbocycles. The summed E-state index contributed by atoms with van der Waals surface area (Å²) >= 11 is 0. The molecule has 0 fully saturated rings. The van der Waals surface area contributed by atoms with Crippen molar-refractivity contribution in [1.82, 2.24) is 0 Å². The van der Waals surface area contributed by atoms with Crippen molar-refractivity contribution in [2.24, 2.45) is 0 Å². The van der Waals surface area contributed by atoms with E-state index in [0.717, 1.165) is 0 Å². The SMILES string of the molecule is O.O=C(O)C(=O)O.O=C(O)C(=O)O.O=C(O)C(=O)O.[Eu].[Eu]. The summed E-state index contributed by atoms with van der Waals surface area (Å²) in [5, 5.41) is 44.3. The first kappa shape index (κ1) is 37.3. The summed E-state index contributed by atoms with van der Waals surface area (Å²) in [6, 6.07) is 0. The second kappa shape index (κ2) is 22.2. The smallest absolute Gasteiger partial charge is 0.414 e. The Morgan fingerprint density at radius 1 is 0.381 bits per heavy atom. The molecule has 0 rings (SSSR count). The van der Waals surface area contributed by atoms with E-state index in [9.17, 15) is 0 Å². The van der Waals surface area contributed by atoms with Gasteiger partial charge in [-0.1, -0.05) is 0 Å². The molecule has 0 aliphatic rings. The molecule has 0 aliphatic carbocycles. The van der Waals surface area contributed by atoms with Crippen molar-refractivity contribution in [1.29, 1.82) is 0 Å². The third-order valence-electron chi connectivity index (χ3n) is 0.549. The summed E-state index contributed by atoms with van der Waals surface area (Å²) in [5.74, 6) is -10.9. The van der Waals surface area contributed by atoms with Crippen molar-refractivity contribution in [2.45, 2.75) is 0 Å². The quantitative estimate of drug-likeness (QED) is 0.151. The van der Waals surface area contributed by atoms with Gasteiger partial charge in [0.2, 0.25) is 0 Å². The van der Waals surface area contributed by atoms with E-state index >= 15 is 0 Å². The van der Waals surface area contributed by atoms with E-state index in [4.69, 9.17) is 59.4 Å². The van der Waals surface area contributed by atoms with Crippen LogP contribution in [-0.4, -0.2) is 71.9 Å². The first-order valence-electron chi connectivity index (χ1n) is 3.32. The molecule has 124 valence electrons. The minimum atomic E-state index is -1.82. The zero-order valence-corrected chi connectivity index (χ0v) is 14.2. The van der Waals surface area contributed by atoms with E-state index < -0.39 is 35.8 Å². The molecule has 0 bridgehead atoms. The number of carboxylic acids is 6. The molecular weight excluding hydrogens is 584 g/mol. The molecule has 15 heteroatoms. The standard InChI is InChI=1S/3C2H2O4.2Eu.H2O/c3*3-1(4)2(5)6;;;/h3*(H,3,4)(H,5,6);;;1H2. The van der Waals surface area contributed by atoms with Crippen molar-refractivity contribution in [3.05, 3.63) is 0 Å². The molecule has 0 aromatic rings.